The molecule has 92 valence electrons. The average molecular weight is 306 g/mol. The first-order valence-electron chi connectivity index (χ1n) is 5.64. The van der Waals surface area contributed by atoms with Crippen molar-refractivity contribution in [2.75, 3.05) is 14.2 Å². The van der Waals surface area contributed by atoms with Gasteiger partial charge >= 0.3 is 0 Å². The fraction of sp³-hybridized carbons (Fsp3) is 0.667. The largest absolute Gasteiger partial charge is 0.380 e. The molecule has 2 nitrogen and oxygen atoms in total. The van der Waals surface area contributed by atoms with Crippen LogP contribution in [0.1, 0.15) is 24.6 Å². The van der Waals surface area contributed by atoms with Crippen LogP contribution in [0.4, 0.5) is 0 Å². The Kier molecular flexibility index (Phi) is 6.58. The van der Waals surface area contributed by atoms with Gasteiger partial charge in [-0.05, 0) is 41.9 Å². The molecule has 0 amide bonds. The van der Waals surface area contributed by atoms with E-state index < -0.39 is 0 Å². The van der Waals surface area contributed by atoms with E-state index in [-0.39, 0.29) is 0 Å². The van der Waals surface area contributed by atoms with E-state index in [2.05, 4.69) is 39.6 Å². The van der Waals surface area contributed by atoms with Gasteiger partial charge in [0.2, 0.25) is 0 Å². The molecule has 1 heterocycles. The van der Waals surface area contributed by atoms with Gasteiger partial charge in [-0.1, -0.05) is 13.3 Å². The lowest BCUT2D eigenvalue weighted by Gasteiger charge is -2.25. The molecule has 0 aliphatic carbocycles. The molecule has 0 aromatic carbocycles. The SMILES string of the molecule is CCCC(OC)C(Cc1cc(Br)cs1)NC. The molecule has 16 heavy (non-hydrogen) atoms. The van der Waals surface area contributed by atoms with Crippen LogP contribution < -0.4 is 5.32 Å². The summed E-state index contributed by atoms with van der Waals surface area (Å²) < 4.78 is 6.73. The minimum atomic E-state index is 0.302. The first-order chi connectivity index (χ1) is 7.71. The summed E-state index contributed by atoms with van der Waals surface area (Å²) in [4.78, 5) is 1.39. The second-order valence-corrected chi connectivity index (χ2v) is 5.80. The number of ether oxygens (including phenoxy) is 1. The van der Waals surface area contributed by atoms with Gasteiger partial charge in [0.1, 0.15) is 0 Å². The summed E-state index contributed by atoms with van der Waals surface area (Å²) in [6, 6.07) is 2.59. The normalized spacial score (nSPS) is 15.0. The number of nitrogens with one attached hydrogen (secondary N) is 1. The second-order valence-electron chi connectivity index (χ2n) is 3.89. The summed E-state index contributed by atoms with van der Waals surface area (Å²) >= 11 is 5.28. The van der Waals surface area contributed by atoms with Gasteiger partial charge in [-0.15, -0.1) is 11.3 Å². The Labute approximate surface area is 111 Å². The van der Waals surface area contributed by atoms with Crippen LogP contribution in [0.25, 0.3) is 0 Å². The fourth-order valence-corrected chi connectivity index (χ4v) is 3.38. The van der Waals surface area contributed by atoms with Crippen molar-refractivity contribution < 1.29 is 4.74 Å². The Morgan fingerprint density at radius 3 is 2.75 bits per heavy atom. The van der Waals surface area contributed by atoms with Crippen molar-refractivity contribution in [2.45, 2.75) is 38.3 Å². The van der Waals surface area contributed by atoms with Gasteiger partial charge in [-0.2, -0.15) is 0 Å². The zero-order valence-corrected chi connectivity index (χ0v) is 12.5. The van der Waals surface area contributed by atoms with Gasteiger partial charge in [0.15, 0.2) is 0 Å². The number of halogens is 1. The van der Waals surface area contributed by atoms with E-state index in [9.17, 15) is 0 Å². The summed E-state index contributed by atoms with van der Waals surface area (Å²) in [7, 11) is 3.81. The maximum absolute atomic E-state index is 5.55. The standard InChI is InChI=1S/C12H20BrNOS/c1-4-5-12(15-3)11(14-2)7-10-6-9(13)8-16-10/h6,8,11-12,14H,4-5,7H2,1-3H3. The quantitative estimate of drug-likeness (QED) is 0.833. The summed E-state index contributed by atoms with van der Waals surface area (Å²) in [5.41, 5.74) is 0. The maximum atomic E-state index is 5.55. The molecule has 0 fully saturated rings. The van der Waals surface area contributed by atoms with Crippen molar-refractivity contribution in [3.8, 4) is 0 Å². The Hall–Kier alpha value is 0.1000. The van der Waals surface area contributed by atoms with Crippen LogP contribution >= 0.6 is 27.3 Å². The Bertz CT molecular complexity index is 303. The zero-order valence-electron chi connectivity index (χ0n) is 10.1. The van der Waals surface area contributed by atoms with Crippen LogP contribution in [0.15, 0.2) is 15.9 Å². The first-order valence-corrected chi connectivity index (χ1v) is 7.31. The molecule has 2 atom stereocenters. The lowest BCUT2D eigenvalue weighted by molar-refractivity contribution is 0.0635. The number of rotatable bonds is 7. The molecular formula is C12H20BrNOS. The number of methoxy groups -OCH3 is 1. The minimum absolute atomic E-state index is 0.302. The Morgan fingerprint density at radius 2 is 2.31 bits per heavy atom. The molecule has 2 unspecified atom stereocenters. The van der Waals surface area contributed by atoms with Crippen LogP contribution in [0.2, 0.25) is 0 Å². The molecular weight excluding hydrogens is 286 g/mol. The number of hydrogen-bond acceptors (Lipinski definition) is 3. The third-order valence-electron chi connectivity index (χ3n) is 2.74. The molecule has 0 saturated heterocycles. The van der Waals surface area contributed by atoms with Gasteiger partial charge in [-0.3, -0.25) is 0 Å². The van der Waals surface area contributed by atoms with Crippen LogP contribution in [-0.4, -0.2) is 26.3 Å². The number of thiophene rings is 1. The first kappa shape index (κ1) is 14.2. The number of hydrogen-bond donors (Lipinski definition) is 1. The van der Waals surface area contributed by atoms with Crippen LogP contribution in [0.3, 0.4) is 0 Å². The van der Waals surface area contributed by atoms with Gasteiger partial charge in [0.05, 0.1) is 6.10 Å². The Balaban J connectivity index is 2.59. The van der Waals surface area contributed by atoms with E-state index in [1.54, 1.807) is 18.4 Å². The van der Waals surface area contributed by atoms with E-state index in [4.69, 9.17) is 4.74 Å². The van der Waals surface area contributed by atoms with E-state index in [0.717, 1.165) is 19.3 Å². The lowest BCUT2D eigenvalue weighted by atomic mass is 10.0. The highest BCUT2D eigenvalue weighted by molar-refractivity contribution is 9.10. The smallest absolute Gasteiger partial charge is 0.0727 e. The monoisotopic (exact) mass is 305 g/mol. The molecule has 0 spiro atoms. The van der Waals surface area contributed by atoms with Gasteiger partial charge < -0.3 is 10.1 Å². The van der Waals surface area contributed by atoms with Crippen molar-refractivity contribution in [3.05, 3.63) is 20.8 Å². The lowest BCUT2D eigenvalue weighted by Crippen LogP contribution is -2.40. The summed E-state index contributed by atoms with van der Waals surface area (Å²) in [5.74, 6) is 0. The molecule has 0 bridgehead atoms. The molecule has 0 aliphatic rings. The summed E-state index contributed by atoms with van der Waals surface area (Å²) in [5, 5.41) is 5.49. The van der Waals surface area contributed by atoms with Crippen LogP contribution in [0, 0.1) is 0 Å². The highest BCUT2D eigenvalue weighted by atomic mass is 79.9. The van der Waals surface area contributed by atoms with Crippen molar-refractivity contribution in [1.82, 2.24) is 5.32 Å². The van der Waals surface area contributed by atoms with Crippen molar-refractivity contribution in [1.29, 1.82) is 0 Å². The van der Waals surface area contributed by atoms with Crippen LogP contribution in [-0.2, 0) is 11.2 Å². The molecule has 4 heteroatoms. The zero-order chi connectivity index (χ0) is 12.0. The molecule has 0 radical (unpaired) electrons. The van der Waals surface area contributed by atoms with E-state index in [1.807, 2.05) is 7.05 Å². The molecule has 1 aromatic heterocycles. The molecule has 0 saturated carbocycles. The maximum Gasteiger partial charge on any atom is 0.0727 e. The number of likely N-dealkylation sites (N-methyl/N-ethyl adjacent to an activating group) is 1. The molecule has 1 aromatic rings. The van der Waals surface area contributed by atoms with Gasteiger partial charge in [-0.25, -0.2) is 0 Å². The molecule has 1 N–H and O–H groups in total. The van der Waals surface area contributed by atoms with E-state index in [1.165, 1.54) is 9.35 Å². The summed E-state index contributed by atoms with van der Waals surface area (Å²) in [6.45, 7) is 2.19. The fourth-order valence-electron chi connectivity index (χ4n) is 1.86. The van der Waals surface area contributed by atoms with E-state index >= 15 is 0 Å². The van der Waals surface area contributed by atoms with E-state index in [0.29, 0.717) is 12.1 Å². The minimum Gasteiger partial charge on any atom is -0.380 e. The summed E-state index contributed by atoms with van der Waals surface area (Å²) in [6.07, 6.45) is 3.60. The van der Waals surface area contributed by atoms with Gasteiger partial charge in [0, 0.05) is 27.9 Å². The predicted molar refractivity (Wildman–Crippen MR) is 74.3 cm³/mol. The third-order valence-corrected chi connectivity index (χ3v) is 4.46. The van der Waals surface area contributed by atoms with Gasteiger partial charge in [0.25, 0.3) is 0 Å². The highest BCUT2D eigenvalue weighted by Gasteiger charge is 2.19. The second kappa shape index (κ2) is 7.43. The van der Waals surface area contributed by atoms with Crippen molar-refractivity contribution in [2.24, 2.45) is 0 Å². The molecule has 1 rings (SSSR count). The van der Waals surface area contributed by atoms with Crippen LogP contribution in [0.5, 0.6) is 0 Å². The topological polar surface area (TPSA) is 21.3 Å². The van der Waals surface area contributed by atoms with Crippen molar-refractivity contribution in [3.63, 3.8) is 0 Å². The highest BCUT2D eigenvalue weighted by Crippen LogP contribution is 2.22. The van der Waals surface area contributed by atoms with Crippen molar-refractivity contribution >= 4 is 27.3 Å². The third kappa shape index (κ3) is 4.17. The Morgan fingerprint density at radius 1 is 1.56 bits per heavy atom. The predicted octanol–water partition coefficient (Wildman–Crippen LogP) is 3.46. The average Bonchev–Trinajstić information content (AvgIpc) is 2.69. The molecule has 0 aliphatic heterocycles.